The van der Waals surface area contributed by atoms with E-state index >= 15 is 0 Å². The molecule has 0 aliphatic heterocycles. The van der Waals surface area contributed by atoms with Gasteiger partial charge in [-0.15, -0.1) is 0 Å². The van der Waals surface area contributed by atoms with Gasteiger partial charge in [0.1, 0.15) is 18.1 Å². The van der Waals surface area contributed by atoms with Crippen LogP contribution in [0.2, 0.25) is 0 Å². The molecule has 162 valence electrons. The van der Waals surface area contributed by atoms with Crippen molar-refractivity contribution in [3.63, 3.8) is 0 Å². The first-order chi connectivity index (χ1) is 12.9. The molecular formula is C18H34N4O6. The highest BCUT2D eigenvalue weighted by atomic mass is 16.4. The summed E-state index contributed by atoms with van der Waals surface area (Å²) in [5, 5.41) is 26.5. The summed E-state index contributed by atoms with van der Waals surface area (Å²) in [6, 6.07) is -3.46. The molecule has 0 saturated carbocycles. The number of aliphatic hydroxyl groups excluding tert-OH is 1. The lowest BCUT2D eigenvalue weighted by molar-refractivity contribution is -0.144. The average molecular weight is 402 g/mol. The number of hydrogen-bond acceptors (Lipinski definition) is 6. The van der Waals surface area contributed by atoms with Gasteiger partial charge in [0.15, 0.2) is 0 Å². The zero-order chi connectivity index (χ0) is 22.0. The number of aliphatic carboxylic acids is 1. The van der Waals surface area contributed by atoms with Crippen molar-refractivity contribution in [1.82, 2.24) is 16.0 Å². The van der Waals surface area contributed by atoms with Crippen molar-refractivity contribution >= 4 is 23.7 Å². The average Bonchev–Trinajstić information content (AvgIpc) is 2.61. The number of hydrogen-bond donors (Lipinski definition) is 6. The molecule has 10 nitrogen and oxygen atoms in total. The van der Waals surface area contributed by atoms with Crippen molar-refractivity contribution in [1.29, 1.82) is 0 Å². The summed E-state index contributed by atoms with van der Waals surface area (Å²) in [6.45, 7) is 8.19. The zero-order valence-corrected chi connectivity index (χ0v) is 17.2. The lowest BCUT2D eigenvalue weighted by Gasteiger charge is -2.27. The standard InChI is InChI=1S/C18H34N4O6/c1-6-10(4)14(18(27)28)21-17(26)15(11(5)23)22-16(25)12(7-9(2)3)20-13(24)8-19/h9-12,14-15,23H,6-8,19H2,1-5H3,(H,20,24)(H,21,26)(H,22,25)(H,27,28). The molecule has 0 heterocycles. The van der Waals surface area contributed by atoms with E-state index in [2.05, 4.69) is 16.0 Å². The van der Waals surface area contributed by atoms with Gasteiger partial charge in [-0.05, 0) is 25.2 Å². The van der Waals surface area contributed by atoms with Crippen LogP contribution in [-0.2, 0) is 19.2 Å². The fourth-order valence-electron chi connectivity index (χ4n) is 2.54. The van der Waals surface area contributed by atoms with Crippen molar-refractivity contribution in [2.75, 3.05) is 6.54 Å². The minimum atomic E-state index is -1.37. The Morgan fingerprint density at radius 1 is 0.929 bits per heavy atom. The highest BCUT2D eigenvalue weighted by molar-refractivity contribution is 5.93. The monoisotopic (exact) mass is 402 g/mol. The molecule has 5 atom stereocenters. The number of amides is 3. The lowest BCUT2D eigenvalue weighted by atomic mass is 9.98. The maximum absolute atomic E-state index is 12.6. The van der Waals surface area contributed by atoms with E-state index in [1.54, 1.807) is 13.8 Å². The highest BCUT2D eigenvalue weighted by Crippen LogP contribution is 2.10. The molecule has 0 radical (unpaired) electrons. The summed E-state index contributed by atoms with van der Waals surface area (Å²) >= 11 is 0. The number of carboxylic acid groups (broad SMARTS) is 1. The molecule has 5 unspecified atom stereocenters. The third kappa shape index (κ3) is 8.66. The minimum absolute atomic E-state index is 0.0643. The van der Waals surface area contributed by atoms with Gasteiger partial charge in [0, 0.05) is 0 Å². The van der Waals surface area contributed by atoms with Crippen molar-refractivity contribution < 1.29 is 29.4 Å². The highest BCUT2D eigenvalue weighted by Gasteiger charge is 2.33. The molecular weight excluding hydrogens is 368 g/mol. The van der Waals surface area contributed by atoms with E-state index in [9.17, 15) is 29.4 Å². The first-order valence-electron chi connectivity index (χ1n) is 9.45. The number of carbonyl (C=O) groups is 4. The molecule has 0 aromatic carbocycles. The Balaban J connectivity index is 5.33. The van der Waals surface area contributed by atoms with Crippen LogP contribution in [0.5, 0.6) is 0 Å². The number of rotatable bonds is 12. The van der Waals surface area contributed by atoms with Crippen LogP contribution in [0.1, 0.15) is 47.5 Å². The fourth-order valence-corrected chi connectivity index (χ4v) is 2.54. The molecule has 0 aliphatic carbocycles. The largest absolute Gasteiger partial charge is 0.480 e. The van der Waals surface area contributed by atoms with Crippen molar-refractivity contribution in [3.8, 4) is 0 Å². The van der Waals surface area contributed by atoms with Gasteiger partial charge in [-0.1, -0.05) is 34.1 Å². The number of carbonyl (C=O) groups excluding carboxylic acids is 3. The van der Waals surface area contributed by atoms with Crippen LogP contribution < -0.4 is 21.7 Å². The zero-order valence-electron chi connectivity index (χ0n) is 17.2. The number of nitrogens with one attached hydrogen (secondary N) is 3. The third-order valence-corrected chi connectivity index (χ3v) is 4.38. The Morgan fingerprint density at radius 2 is 1.46 bits per heavy atom. The van der Waals surface area contributed by atoms with Crippen molar-refractivity contribution in [2.24, 2.45) is 17.6 Å². The molecule has 0 bridgehead atoms. The summed E-state index contributed by atoms with van der Waals surface area (Å²) in [7, 11) is 0. The predicted molar refractivity (Wildman–Crippen MR) is 103 cm³/mol. The predicted octanol–water partition coefficient (Wildman–Crippen LogP) is -1.04. The second-order valence-electron chi connectivity index (χ2n) is 7.39. The van der Waals surface area contributed by atoms with E-state index in [-0.39, 0.29) is 18.4 Å². The topological polar surface area (TPSA) is 171 Å². The summed E-state index contributed by atoms with van der Waals surface area (Å²) in [4.78, 5) is 48.1. The van der Waals surface area contributed by atoms with Crippen LogP contribution in [0.4, 0.5) is 0 Å². The van der Waals surface area contributed by atoms with E-state index in [0.29, 0.717) is 12.8 Å². The van der Waals surface area contributed by atoms with Gasteiger partial charge in [0.25, 0.3) is 0 Å². The Kier molecular flexibility index (Phi) is 11.3. The van der Waals surface area contributed by atoms with Crippen molar-refractivity contribution in [3.05, 3.63) is 0 Å². The summed E-state index contributed by atoms with van der Waals surface area (Å²) < 4.78 is 0. The Labute approximate surface area is 165 Å². The molecule has 0 saturated heterocycles. The SMILES string of the molecule is CCC(C)C(NC(=O)C(NC(=O)C(CC(C)C)NC(=O)CN)C(C)O)C(=O)O. The first kappa shape index (κ1) is 25.8. The van der Waals surface area contributed by atoms with Crippen LogP contribution in [-0.4, -0.2) is 64.7 Å². The van der Waals surface area contributed by atoms with Gasteiger partial charge in [0.2, 0.25) is 17.7 Å². The molecule has 0 aromatic heterocycles. The Morgan fingerprint density at radius 3 is 1.86 bits per heavy atom. The van der Waals surface area contributed by atoms with Crippen LogP contribution in [0.25, 0.3) is 0 Å². The number of carboxylic acids is 1. The molecule has 0 rings (SSSR count). The van der Waals surface area contributed by atoms with Crippen LogP contribution in [0, 0.1) is 11.8 Å². The van der Waals surface area contributed by atoms with E-state index in [1.807, 2.05) is 13.8 Å². The van der Waals surface area contributed by atoms with E-state index < -0.39 is 47.9 Å². The summed E-state index contributed by atoms with van der Waals surface area (Å²) in [5.74, 6) is -3.48. The quantitative estimate of drug-likeness (QED) is 0.242. The van der Waals surface area contributed by atoms with Crippen LogP contribution in [0.15, 0.2) is 0 Å². The third-order valence-electron chi connectivity index (χ3n) is 4.38. The van der Waals surface area contributed by atoms with E-state index in [4.69, 9.17) is 5.73 Å². The minimum Gasteiger partial charge on any atom is -0.480 e. The van der Waals surface area contributed by atoms with Gasteiger partial charge in [0.05, 0.1) is 12.6 Å². The molecule has 28 heavy (non-hydrogen) atoms. The van der Waals surface area contributed by atoms with Crippen LogP contribution >= 0.6 is 0 Å². The van der Waals surface area contributed by atoms with Gasteiger partial charge < -0.3 is 31.9 Å². The van der Waals surface area contributed by atoms with Gasteiger partial charge in [-0.3, -0.25) is 14.4 Å². The normalized spacial score (nSPS) is 16.4. The van der Waals surface area contributed by atoms with Crippen molar-refractivity contribution in [2.45, 2.75) is 71.7 Å². The second-order valence-corrected chi connectivity index (χ2v) is 7.39. The molecule has 10 heteroatoms. The smallest absolute Gasteiger partial charge is 0.326 e. The lowest BCUT2D eigenvalue weighted by Crippen LogP contribution is -2.60. The summed E-state index contributed by atoms with van der Waals surface area (Å²) in [6.07, 6.45) is -0.457. The fraction of sp³-hybridized carbons (Fsp3) is 0.778. The number of nitrogens with two attached hydrogens (primary N) is 1. The molecule has 0 spiro atoms. The molecule has 0 aromatic rings. The first-order valence-corrected chi connectivity index (χ1v) is 9.45. The second kappa shape index (κ2) is 12.3. The van der Waals surface area contributed by atoms with E-state index in [1.165, 1.54) is 6.92 Å². The van der Waals surface area contributed by atoms with Gasteiger partial charge in [-0.25, -0.2) is 4.79 Å². The maximum Gasteiger partial charge on any atom is 0.326 e. The molecule has 7 N–H and O–H groups in total. The summed E-state index contributed by atoms with van der Waals surface area (Å²) in [5.41, 5.74) is 5.27. The molecule has 0 fully saturated rings. The number of aliphatic hydroxyl groups is 1. The van der Waals surface area contributed by atoms with Gasteiger partial charge in [-0.2, -0.15) is 0 Å². The Hall–Kier alpha value is -2.20. The molecule has 0 aliphatic rings. The Bertz CT molecular complexity index is 552. The van der Waals surface area contributed by atoms with Crippen LogP contribution in [0.3, 0.4) is 0 Å². The van der Waals surface area contributed by atoms with E-state index in [0.717, 1.165) is 0 Å². The molecule has 3 amide bonds. The maximum atomic E-state index is 12.6. The van der Waals surface area contributed by atoms with Gasteiger partial charge >= 0.3 is 5.97 Å².